The van der Waals surface area contributed by atoms with E-state index in [1.807, 2.05) is 0 Å². The number of benzene rings is 1. The summed E-state index contributed by atoms with van der Waals surface area (Å²) < 4.78 is 6.26. The van der Waals surface area contributed by atoms with Gasteiger partial charge in [0.1, 0.15) is 0 Å². The first-order valence-corrected chi connectivity index (χ1v) is 14.7. The van der Waals surface area contributed by atoms with Gasteiger partial charge in [0.2, 0.25) is 0 Å². The van der Waals surface area contributed by atoms with Gasteiger partial charge < -0.3 is 4.43 Å². The van der Waals surface area contributed by atoms with Crippen molar-refractivity contribution in [3.63, 3.8) is 0 Å². The molecule has 0 heterocycles. The van der Waals surface area contributed by atoms with Gasteiger partial charge in [-0.05, 0) is 74.9 Å². The van der Waals surface area contributed by atoms with E-state index in [-0.39, 0.29) is 0 Å². The number of hydrogen-bond acceptors (Lipinski definition) is 1. The second kappa shape index (κ2) is 12.2. The van der Waals surface area contributed by atoms with E-state index in [2.05, 4.69) is 66.8 Å². The molecule has 0 atom stereocenters. The summed E-state index contributed by atoms with van der Waals surface area (Å²) in [5.74, 6) is 0. The Hall–Kier alpha value is -0.603. The van der Waals surface area contributed by atoms with Crippen molar-refractivity contribution < 1.29 is 4.43 Å². The zero-order valence-corrected chi connectivity index (χ0v) is 21.3. The molecule has 0 unspecified atom stereocenters. The molecule has 0 aliphatic carbocycles. The Kier molecular flexibility index (Phi) is 11.1. The molecule has 28 heavy (non-hydrogen) atoms. The summed E-state index contributed by atoms with van der Waals surface area (Å²) in [7, 11) is -1.53. The fourth-order valence-corrected chi connectivity index (χ4v) is 4.88. The van der Waals surface area contributed by atoms with Gasteiger partial charge in [0.25, 0.3) is 0 Å². The molecule has 0 amide bonds. The van der Waals surface area contributed by atoms with Crippen molar-refractivity contribution in [1.82, 2.24) is 0 Å². The van der Waals surface area contributed by atoms with E-state index >= 15 is 0 Å². The Labute approximate surface area is 177 Å². The third-order valence-corrected chi connectivity index (χ3v) is 11.2. The Morgan fingerprint density at radius 3 is 1.61 bits per heavy atom. The monoisotopic (exact) mass is 404 g/mol. The van der Waals surface area contributed by atoms with Crippen LogP contribution >= 0.6 is 0 Å². The average Bonchev–Trinajstić information content (AvgIpc) is 2.56. The maximum absolute atomic E-state index is 6.26. The molecule has 0 saturated carbocycles. The van der Waals surface area contributed by atoms with Gasteiger partial charge in [0, 0.05) is 6.61 Å². The molecule has 1 aromatic rings. The van der Waals surface area contributed by atoms with Gasteiger partial charge in [-0.2, -0.15) is 0 Å². The fourth-order valence-electron chi connectivity index (χ4n) is 3.79. The zero-order chi connectivity index (χ0) is 21.2. The molecule has 1 aromatic carbocycles. The van der Waals surface area contributed by atoms with Crippen molar-refractivity contribution in [1.29, 1.82) is 0 Å². The van der Waals surface area contributed by atoms with Crippen LogP contribution in [0.25, 0.3) is 0 Å². The van der Waals surface area contributed by atoms with Crippen LogP contribution in [-0.4, -0.2) is 14.9 Å². The predicted octanol–water partition coefficient (Wildman–Crippen LogP) is 8.69. The molecular weight excluding hydrogens is 356 g/mol. The van der Waals surface area contributed by atoms with Gasteiger partial charge >= 0.3 is 0 Å². The first kappa shape index (κ1) is 25.4. The third-order valence-electron chi connectivity index (χ3n) is 6.68. The molecule has 0 fully saturated rings. The van der Waals surface area contributed by atoms with E-state index < -0.39 is 8.32 Å². The molecule has 0 saturated heterocycles. The number of aryl methyl sites for hydroxylation is 3. The van der Waals surface area contributed by atoms with Gasteiger partial charge in [-0.3, -0.25) is 0 Å². The highest BCUT2D eigenvalue weighted by Crippen LogP contribution is 2.36. The lowest BCUT2D eigenvalue weighted by atomic mass is 9.95. The van der Waals surface area contributed by atoms with Crippen LogP contribution in [-0.2, 0) is 10.8 Å². The van der Waals surface area contributed by atoms with Crippen LogP contribution in [0.2, 0.25) is 18.1 Å². The number of rotatable bonds is 13. The molecule has 1 nitrogen and oxygen atoms in total. The minimum Gasteiger partial charge on any atom is -0.417 e. The summed E-state index contributed by atoms with van der Waals surface area (Å²) in [5, 5.41) is 0.337. The van der Waals surface area contributed by atoms with E-state index in [0.717, 1.165) is 6.61 Å². The van der Waals surface area contributed by atoms with E-state index in [0.29, 0.717) is 5.04 Å². The van der Waals surface area contributed by atoms with Crippen molar-refractivity contribution >= 4 is 8.32 Å². The molecule has 0 aromatic heterocycles. The van der Waals surface area contributed by atoms with Gasteiger partial charge in [-0.15, -0.1) is 0 Å². The molecule has 2 heteroatoms. The van der Waals surface area contributed by atoms with E-state index in [4.69, 9.17) is 4.43 Å². The standard InChI is InChI=1S/C26H48OSi/c1-22-20-23(2)25(24(3)21-22)18-16-14-12-10-9-11-13-15-17-19-27-28(7,8)26(4,5)6/h20-21H,9-19H2,1-8H3. The van der Waals surface area contributed by atoms with Crippen LogP contribution in [0.15, 0.2) is 12.1 Å². The number of hydrogen-bond donors (Lipinski definition) is 0. The van der Waals surface area contributed by atoms with Gasteiger partial charge in [-0.25, -0.2) is 0 Å². The maximum Gasteiger partial charge on any atom is 0.191 e. The molecule has 1 rings (SSSR count). The van der Waals surface area contributed by atoms with Crippen molar-refractivity contribution in [3.05, 3.63) is 34.4 Å². The average molecular weight is 405 g/mol. The van der Waals surface area contributed by atoms with E-state index in [1.165, 1.54) is 80.9 Å². The highest BCUT2D eigenvalue weighted by molar-refractivity contribution is 6.74. The zero-order valence-electron chi connectivity index (χ0n) is 20.3. The molecule has 0 aliphatic rings. The first-order valence-electron chi connectivity index (χ1n) is 11.8. The second-order valence-corrected chi connectivity index (χ2v) is 15.2. The van der Waals surface area contributed by atoms with Gasteiger partial charge in [0.15, 0.2) is 8.32 Å². The van der Waals surface area contributed by atoms with Crippen molar-refractivity contribution in [2.24, 2.45) is 0 Å². The summed E-state index contributed by atoms with van der Waals surface area (Å²) in [6.45, 7) is 19.4. The highest BCUT2D eigenvalue weighted by Gasteiger charge is 2.36. The smallest absolute Gasteiger partial charge is 0.191 e. The highest BCUT2D eigenvalue weighted by atomic mass is 28.4. The SMILES string of the molecule is Cc1cc(C)c(CCCCCCCCCCCO[Si](C)(C)C(C)(C)C)c(C)c1. The summed E-state index contributed by atoms with van der Waals surface area (Å²) in [5.41, 5.74) is 5.95. The normalized spacial score (nSPS) is 12.6. The summed E-state index contributed by atoms with van der Waals surface area (Å²) in [6.07, 6.45) is 13.5. The second-order valence-electron chi connectivity index (χ2n) is 10.4. The van der Waals surface area contributed by atoms with Crippen molar-refractivity contribution in [2.75, 3.05) is 6.61 Å². The maximum atomic E-state index is 6.26. The molecule has 0 aliphatic heterocycles. The largest absolute Gasteiger partial charge is 0.417 e. The van der Waals surface area contributed by atoms with Gasteiger partial charge in [0.05, 0.1) is 0 Å². The lowest BCUT2D eigenvalue weighted by Crippen LogP contribution is -2.40. The summed E-state index contributed by atoms with van der Waals surface area (Å²) >= 11 is 0. The lowest BCUT2D eigenvalue weighted by Gasteiger charge is -2.36. The Bertz CT molecular complexity index is 545. The predicted molar refractivity (Wildman–Crippen MR) is 129 cm³/mol. The van der Waals surface area contributed by atoms with Crippen LogP contribution in [0.3, 0.4) is 0 Å². The van der Waals surface area contributed by atoms with Crippen LogP contribution < -0.4 is 0 Å². The third kappa shape index (κ3) is 9.26. The Balaban J connectivity index is 1.99. The van der Waals surface area contributed by atoms with Crippen LogP contribution in [0.1, 0.15) is 101 Å². The summed E-state index contributed by atoms with van der Waals surface area (Å²) in [4.78, 5) is 0. The van der Waals surface area contributed by atoms with Crippen LogP contribution in [0, 0.1) is 20.8 Å². The van der Waals surface area contributed by atoms with E-state index in [9.17, 15) is 0 Å². The molecule has 0 spiro atoms. The van der Waals surface area contributed by atoms with Crippen LogP contribution in [0.4, 0.5) is 0 Å². The van der Waals surface area contributed by atoms with Crippen LogP contribution in [0.5, 0.6) is 0 Å². The van der Waals surface area contributed by atoms with Crippen molar-refractivity contribution in [2.45, 2.75) is 124 Å². The van der Waals surface area contributed by atoms with Crippen molar-refractivity contribution in [3.8, 4) is 0 Å². The molecule has 0 radical (unpaired) electrons. The fraction of sp³-hybridized carbons (Fsp3) is 0.769. The minimum absolute atomic E-state index is 0.337. The first-order chi connectivity index (χ1) is 13.0. The minimum atomic E-state index is -1.53. The van der Waals surface area contributed by atoms with Gasteiger partial charge in [-0.1, -0.05) is 83.4 Å². The number of unbranched alkanes of at least 4 members (excludes halogenated alkanes) is 8. The lowest BCUT2D eigenvalue weighted by molar-refractivity contribution is 0.277. The summed E-state index contributed by atoms with van der Waals surface area (Å²) in [6, 6.07) is 4.67. The quantitative estimate of drug-likeness (QED) is 0.236. The molecule has 162 valence electrons. The molecule has 0 N–H and O–H groups in total. The van der Waals surface area contributed by atoms with E-state index in [1.54, 1.807) is 5.56 Å². The topological polar surface area (TPSA) is 9.23 Å². The molecular formula is C26H48OSi. The molecule has 0 bridgehead atoms. The Morgan fingerprint density at radius 1 is 0.714 bits per heavy atom. The Morgan fingerprint density at radius 2 is 1.14 bits per heavy atom.